The van der Waals surface area contributed by atoms with Crippen LogP contribution in [0.3, 0.4) is 0 Å². The maximum atomic E-state index is 11.7. The number of piperidine rings is 1. The largest absolute Gasteiger partial charge is 0.356 e. The molecule has 0 spiro atoms. The molecule has 21 heavy (non-hydrogen) atoms. The SMILES string of the molecule is Cc1nn([C@H]2CCS(=O)(=O)C2)c(N2CCCCC2)c1C=O. The predicted octanol–water partition coefficient (Wildman–Crippen LogP) is 1.35. The molecule has 0 aliphatic carbocycles. The molecular formula is C14H21N3O3S. The van der Waals surface area contributed by atoms with Crippen LogP contribution < -0.4 is 4.90 Å². The number of aryl methyl sites for hydroxylation is 1. The van der Waals surface area contributed by atoms with E-state index in [-0.39, 0.29) is 17.5 Å². The summed E-state index contributed by atoms with van der Waals surface area (Å²) in [7, 11) is -2.97. The minimum atomic E-state index is -2.97. The Morgan fingerprint density at radius 1 is 1.24 bits per heavy atom. The summed E-state index contributed by atoms with van der Waals surface area (Å²) >= 11 is 0. The first-order valence-electron chi connectivity index (χ1n) is 7.51. The van der Waals surface area contributed by atoms with Crippen molar-refractivity contribution in [3.63, 3.8) is 0 Å². The monoisotopic (exact) mass is 311 g/mol. The van der Waals surface area contributed by atoms with Crippen molar-refractivity contribution in [3.8, 4) is 0 Å². The number of rotatable bonds is 3. The summed E-state index contributed by atoms with van der Waals surface area (Å²) in [5, 5.41) is 4.48. The average Bonchev–Trinajstić information content (AvgIpc) is 2.99. The van der Waals surface area contributed by atoms with Crippen molar-refractivity contribution in [2.45, 2.75) is 38.6 Å². The second-order valence-corrected chi connectivity index (χ2v) is 8.22. The number of carbonyl (C=O) groups is 1. The highest BCUT2D eigenvalue weighted by atomic mass is 32.2. The molecule has 6 nitrogen and oxygen atoms in total. The molecule has 2 aliphatic rings. The van der Waals surface area contributed by atoms with Crippen LogP contribution in [0.25, 0.3) is 0 Å². The van der Waals surface area contributed by atoms with Gasteiger partial charge >= 0.3 is 0 Å². The molecule has 0 saturated carbocycles. The van der Waals surface area contributed by atoms with Gasteiger partial charge in [-0.25, -0.2) is 13.1 Å². The number of sulfone groups is 1. The number of hydrogen-bond acceptors (Lipinski definition) is 5. The fraction of sp³-hybridized carbons (Fsp3) is 0.714. The van der Waals surface area contributed by atoms with Crippen molar-refractivity contribution in [1.29, 1.82) is 0 Å². The Balaban J connectivity index is 2.01. The van der Waals surface area contributed by atoms with Gasteiger partial charge < -0.3 is 4.90 Å². The molecule has 1 aromatic heterocycles. The van der Waals surface area contributed by atoms with Gasteiger partial charge in [0.05, 0.1) is 28.8 Å². The first-order valence-corrected chi connectivity index (χ1v) is 9.33. The van der Waals surface area contributed by atoms with Gasteiger partial charge in [0.1, 0.15) is 5.82 Å². The van der Waals surface area contributed by atoms with Crippen molar-refractivity contribution in [1.82, 2.24) is 9.78 Å². The Bertz CT molecular complexity index is 645. The van der Waals surface area contributed by atoms with Gasteiger partial charge in [0, 0.05) is 13.1 Å². The quantitative estimate of drug-likeness (QED) is 0.788. The highest BCUT2D eigenvalue weighted by molar-refractivity contribution is 7.91. The zero-order valence-electron chi connectivity index (χ0n) is 12.3. The lowest BCUT2D eigenvalue weighted by Gasteiger charge is -2.30. The first kappa shape index (κ1) is 14.6. The van der Waals surface area contributed by atoms with Gasteiger partial charge in [-0.3, -0.25) is 4.79 Å². The molecule has 2 aliphatic heterocycles. The Hall–Kier alpha value is -1.37. The van der Waals surface area contributed by atoms with Crippen LogP contribution in [0.15, 0.2) is 0 Å². The summed E-state index contributed by atoms with van der Waals surface area (Å²) in [5.41, 5.74) is 1.30. The van der Waals surface area contributed by atoms with E-state index in [2.05, 4.69) is 10.00 Å². The van der Waals surface area contributed by atoms with Crippen molar-refractivity contribution in [2.24, 2.45) is 0 Å². The zero-order valence-corrected chi connectivity index (χ0v) is 13.1. The molecule has 2 saturated heterocycles. The van der Waals surface area contributed by atoms with Crippen LogP contribution in [0, 0.1) is 6.92 Å². The van der Waals surface area contributed by atoms with Gasteiger partial charge in [0.25, 0.3) is 0 Å². The smallest absolute Gasteiger partial charge is 0.155 e. The lowest BCUT2D eigenvalue weighted by Crippen LogP contribution is -2.33. The fourth-order valence-corrected chi connectivity index (χ4v) is 5.02. The van der Waals surface area contributed by atoms with Crippen molar-refractivity contribution in [2.75, 3.05) is 29.5 Å². The van der Waals surface area contributed by atoms with Gasteiger partial charge in [-0.05, 0) is 32.6 Å². The highest BCUT2D eigenvalue weighted by Gasteiger charge is 2.33. The molecule has 7 heteroatoms. The maximum absolute atomic E-state index is 11.7. The van der Waals surface area contributed by atoms with Crippen LogP contribution in [-0.2, 0) is 9.84 Å². The molecule has 0 unspecified atom stereocenters. The molecule has 0 radical (unpaired) electrons. The van der Waals surface area contributed by atoms with E-state index in [4.69, 9.17) is 0 Å². The number of hydrogen-bond donors (Lipinski definition) is 0. The number of aldehydes is 1. The Morgan fingerprint density at radius 2 is 1.95 bits per heavy atom. The Labute approximate surface area is 125 Å². The molecule has 1 atom stereocenters. The van der Waals surface area contributed by atoms with Crippen LogP contribution in [0.5, 0.6) is 0 Å². The molecule has 0 aromatic carbocycles. The summed E-state index contributed by atoms with van der Waals surface area (Å²) in [6, 6.07) is -0.140. The average molecular weight is 311 g/mol. The fourth-order valence-electron chi connectivity index (χ4n) is 3.33. The molecule has 3 heterocycles. The number of nitrogens with zero attached hydrogens (tertiary/aromatic N) is 3. The van der Waals surface area contributed by atoms with Crippen LogP contribution in [-0.4, -0.2) is 49.1 Å². The van der Waals surface area contributed by atoms with E-state index in [1.807, 2.05) is 6.92 Å². The van der Waals surface area contributed by atoms with Crippen LogP contribution >= 0.6 is 0 Å². The molecule has 0 bridgehead atoms. The van der Waals surface area contributed by atoms with Crippen LogP contribution in [0.4, 0.5) is 5.82 Å². The van der Waals surface area contributed by atoms with E-state index in [0.717, 1.165) is 38.0 Å². The Kier molecular flexibility index (Phi) is 3.77. The van der Waals surface area contributed by atoms with Crippen molar-refractivity contribution >= 4 is 21.9 Å². The lowest BCUT2D eigenvalue weighted by molar-refractivity contribution is 0.112. The standard InChI is InChI=1S/C14H21N3O3S/c1-11-13(9-18)14(16-6-3-2-4-7-16)17(15-11)12-5-8-21(19,20)10-12/h9,12H,2-8,10H2,1H3/t12-/m0/s1. The second-order valence-electron chi connectivity index (χ2n) is 5.99. The molecule has 0 N–H and O–H groups in total. The van der Waals surface area contributed by atoms with E-state index in [0.29, 0.717) is 17.7 Å². The summed E-state index contributed by atoms with van der Waals surface area (Å²) in [6.45, 7) is 3.63. The van der Waals surface area contributed by atoms with Crippen molar-refractivity contribution in [3.05, 3.63) is 11.3 Å². The van der Waals surface area contributed by atoms with E-state index in [1.54, 1.807) is 4.68 Å². The summed E-state index contributed by atoms with van der Waals surface area (Å²) in [5.74, 6) is 1.17. The molecule has 1 aromatic rings. The lowest BCUT2D eigenvalue weighted by atomic mass is 10.1. The molecular weight excluding hydrogens is 290 g/mol. The highest BCUT2D eigenvalue weighted by Crippen LogP contribution is 2.32. The number of carbonyl (C=O) groups excluding carboxylic acids is 1. The number of aromatic nitrogens is 2. The van der Waals surface area contributed by atoms with Gasteiger partial charge in [-0.15, -0.1) is 0 Å². The third kappa shape index (κ3) is 2.71. The third-order valence-electron chi connectivity index (χ3n) is 4.43. The van der Waals surface area contributed by atoms with Gasteiger partial charge in [-0.1, -0.05) is 0 Å². The molecule has 3 rings (SSSR count). The van der Waals surface area contributed by atoms with E-state index in [1.165, 1.54) is 6.42 Å². The van der Waals surface area contributed by atoms with Gasteiger partial charge in [0.15, 0.2) is 16.1 Å². The normalized spacial score (nSPS) is 25.2. The van der Waals surface area contributed by atoms with E-state index >= 15 is 0 Å². The summed E-state index contributed by atoms with van der Waals surface area (Å²) < 4.78 is 25.3. The van der Waals surface area contributed by atoms with Gasteiger partial charge in [0.2, 0.25) is 0 Å². The Morgan fingerprint density at radius 3 is 2.52 bits per heavy atom. The molecule has 116 valence electrons. The minimum absolute atomic E-state index is 0.132. The maximum Gasteiger partial charge on any atom is 0.155 e. The minimum Gasteiger partial charge on any atom is -0.356 e. The second kappa shape index (κ2) is 5.44. The zero-order chi connectivity index (χ0) is 15.0. The predicted molar refractivity (Wildman–Crippen MR) is 80.7 cm³/mol. The summed E-state index contributed by atoms with van der Waals surface area (Å²) in [4.78, 5) is 13.6. The van der Waals surface area contributed by atoms with Gasteiger partial charge in [-0.2, -0.15) is 5.10 Å². The molecule has 2 fully saturated rings. The van der Waals surface area contributed by atoms with Crippen LogP contribution in [0.1, 0.15) is 47.8 Å². The van der Waals surface area contributed by atoms with Crippen molar-refractivity contribution < 1.29 is 13.2 Å². The van der Waals surface area contributed by atoms with Crippen LogP contribution in [0.2, 0.25) is 0 Å². The number of anilines is 1. The molecule has 0 amide bonds. The summed E-state index contributed by atoms with van der Waals surface area (Å²) in [6.07, 6.45) is 4.85. The first-order chi connectivity index (χ1) is 10.0. The topological polar surface area (TPSA) is 72.3 Å². The van der Waals surface area contributed by atoms with E-state index < -0.39 is 9.84 Å². The third-order valence-corrected chi connectivity index (χ3v) is 6.18. The van der Waals surface area contributed by atoms with E-state index in [9.17, 15) is 13.2 Å².